The van der Waals surface area contributed by atoms with E-state index in [0.29, 0.717) is 0 Å². The molecule has 0 aromatic heterocycles. The van der Waals surface area contributed by atoms with Gasteiger partial charge in [-0.05, 0) is 6.92 Å². The van der Waals surface area contributed by atoms with Crippen LogP contribution in [0.15, 0.2) is 49.1 Å². The lowest BCUT2D eigenvalue weighted by Crippen LogP contribution is -1.47. The largest absolute Gasteiger partial charge is 0.0991 e. The minimum Gasteiger partial charge on any atom is -0.0991 e. The van der Waals surface area contributed by atoms with Gasteiger partial charge in [0.1, 0.15) is 0 Å². The second-order valence-electron chi connectivity index (χ2n) is 1.53. The van der Waals surface area contributed by atoms with Crippen LogP contribution in [0.2, 0.25) is 0 Å². The Morgan fingerprint density at radius 3 is 2.00 bits per heavy atom. The van der Waals surface area contributed by atoms with Crippen molar-refractivity contribution < 1.29 is 0 Å². The average Bonchev–Trinajstić information content (AvgIpc) is 1.89. The Kier molecular flexibility index (Phi) is 6.16. The molecule has 0 nitrogen and oxygen atoms in total. The first-order valence-electron chi connectivity index (χ1n) is 2.99. The maximum atomic E-state index is 3.54. The first kappa shape index (κ1) is 7.96. The van der Waals surface area contributed by atoms with Crippen molar-refractivity contribution in [3.8, 4) is 0 Å². The molecule has 0 amide bonds. The highest BCUT2D eigenvalue weighted by Gasteiger charge is 1.57. The molecule has 0 aliphatic rings. The fraction of sp³-hybridized carbons (Fsp3) is 0.111. The van der Waals surface area contributed by atoms with E-state index >= 15 is 0 Å². The van der Waals surface area contributed by atoms with Gasteiger partial charge < -0.3 is 0 Å². The molecule has 0 atom stereocenters. The van der Waals surface area contributed by atoms with Crippen LogP contribution in [-0.4, -0.2) is 0 Å². The lowest BCUT2D eigenvalue weighted by atomic mass is 10.4. The Morgan fingerprint density at radius 2 is 1.44 bits per heavy atom. The van der Waals surface area contributed by atoms with Crippen LogP contribution >= 0.6 is 0 Å². The third kappa shape index (κ3) is 6.96. The van der Waals surface area contributed by atoms with Crippen LogP contribution in [-0.2, 0) is 0 Å². The van der Waals surface area contributed by atoms with Crippen LogP contribution in [0.3, 0.4) is 0 Å². The Bertz CT molecular complexity index is 136. The van der Waals surface area contributed by atoms with Crippen molar-refractivity contribution in [3.05, 3.63) is 49.1 Å². The third-order valence-electron chi connectivity index (χ3n) is 0.773. The molecule has 9 heavy (non-hydrogen) atoms. The quantitative estimate of drug-likeness (QED) is 0.502. The fourth-order valence-corrected chi connectivity index (χ4v) is 0.382. The summed E-state index contributed by atoms with van der Waals surface area (Å²) < 4.78 is 0. The first-order valence-corrected chi connectivity index (χ1v) is 2.99. The van der Waals surface area contributed by atoms with Crippen molar-refractivity contribution in [2.45, 2.75) is 6.92 Å². The van der Waals surface area contributed by atoms with Gasteiger partial charge in [0.2, 0.25) is 0 Å². The molecule has 0 unspecified atom stereocenters. The molecule has 0 bridgehead atoms. The summed E-state index contributed by atoms with van der Waals surface area (Å²) in [4.78, 5) is 0. The molecule has 0 spiro atoms. The molecule has 0 saturated carbocycles. The second-order valence-corrected chi connectivity index (χ2v) is 1.53. The minimum atomic E-state index is 1.75. The summed E-state index contributed by atoms with van der Waals surface area (Å²) in [5.41, 5.74) is 0. The molecule has 0 heterocycles. The number of hydrogen-bond acceptors (Lipinski definition) is 0. The number of allylic oxidation sites excluding steroid dienone is 7. The highest BCUT2D eigenvalue weighted by molar-refractivity contribution is 5.13. The highest BCUT2D eigenvalue weighted by atomic mass is 13.6. The monoisotopic (exact) mass is 120 g/mol. The van der Waals surface area contributed by atoms with Gasteiger partial charge in [0.15, 0.2) is 0 Å². The van der Waals surface area contributed by atoms with Gasteiger partial charge in [-0.25, -0.2) is 0 Å². The average molecular weight is 120 g/mol. The second kappa shape index (κ2) is 6.96. The summed E-state index contributed by atoms with van der Waals surface area (Å²) in [6, 6.07) is 0. The topological polar surface area (TPSA) is 0 Å². The molecule has 0 aliphatic heterocycles. The SMILES string of the molecule is C=C/C=C/C=C/C=C/C. The van der Waals surface area contributed by atoms with Gasteiger partial charge in [-0.3, -0.25) is 0 Å². The molecular weight excluding hydrogens is 108 g/mol. The Morgan fingerprint density at radius 1 is 0.889 bits per heavy atom. The van der Waals surface area contributed by atoms with E-state index in [-0.39, 0.29) is 0 Å². The molecule has 0 aliphatic carbocycles. The van der Waals surface area contributed by atoms with E-state index in [0.717, 1.165) is 0 Å². The molecule has 0 heteroatoms. The van der Waals surface area contributed by atoms with E-state index < -0.39 is 0 Å². The Labute approximate surface area is 56.9 Å². The molecule has 48 valence electrons. The zero-order valence-electron chi connectivity index (χ0n) is 5.75. The van der Waals surface area contributed by atoms with Crippen LogP contribution in [0.1, 0.15) is 6.92 Å². The fourth-order valence-electron chi connectivity index (χ4n) is 0.382. The third-order valence-corrected chi connectivity index (χ3v) is 0.773. The van der Waals surface area contributed by atoms with Crippen LogP contribution in [0.4, 0.5) is 0 Å². The number of hydrogen-bond donors (Lipinski definition) is 0. The van der Waals surface area contributed by atoms with Gasteiger partial charge >= 0.3 is 0 Å². The van der Waals surface area contributed by atoms with Crippen molar-refractivity contribution in [1.29, 1.82) is 0 Å². The lowest BCUT2D eigenvalue weighted by Gasteiger charge is -1.69. The maximum absolute atomic E-state index is 3.54. The number of rotatable bonds is 3. The summed E-state index contributed by atoms with van der Waals surface area (Å²) in [5, 5.41) is 0. The summed E-state index contributed by atoms with van der Waals surface area (Å²) in [6.07, 6.45) is 13.5. The summed E-state index contributed by atoms with van der Waals surface area (Å²) >= 11 is 0. The van der Waals surface area contributed by atoms with Crippen molar-refractivity contribution >= 4 is 0 Å². The molecule has 0 aromatic carbocycles. The lowest BCUT2D eigenvalue weighted by molar-refractivity contribution is 1.73. The van der Waals surface area contributed by atoms with E-state index in [1.807, 2.05) is 43.4 Å². The van der Waals surface area contributed by atoms with Crippen molar-refractivity contribution in [3.63, 3.8) is 0 Å². The molecular formula is C9H12. The Hall–Kier alpha value is -1.04. The van der Waals surface area contributed by atoms with Gasteiger partial charge in [0.05, 0.1) is 0 Å². The van der Waals surface area contributed by atoms with Crippen LogP contribution in [0.25, 0.3) is 0 Å². The summed E-state index contributed by atoms with van der Waals surface area (Å²) in [7, 11) is 0. The molecule has 0 rings (SSSR count). The van der Waals surface area contributed by atoms with Gasteiger partial charge in [-0.2, -0.15) is 0 Å². The maximum Gasteiger partial charge on any atom is -0.0467 e. The van der Waals surface area contributed by atoms with Crippen molar-refractivity contribution in [1.82, 2.24) is 0 Å². The van der Waals surface area contributed by atoms with E-state index in [4.69, 9.17) is 0 Å². The normalized spacial score (nSPS) is 12.1. The molecule has 0 fully saturated rings. The van der Waals surface area contributed by atoms with Crippen LogP contribution in [0, 0.1) is 0 Å². The van der Waals surface area contributed by atoms with Gasteiger partial charge in [0, 0.05) is 0 Å². The van der Waals surface area contributed by atoms with Crippen LogP contribution in [0.5, 0.6) is 0 Å². The standard InChI is InChI=1S/C9H12/c1-3-5-7-9-8-6-4-2/h3-9H,1H2,2H3/b6-4+,7-5+,9-8+. The molecule has 0 N–H and O–H groups in total. The minimum absolute atomic E-state index is 1.75. The highest BCUT2D eigenvalue weighted by Crippen LogP contribution is 1.79. The van der Waals surface area contributed by atoms with Gasteiger partial charge in [-0.15, -0.1) is 0 Å². The van der Waals surface area contributed by atoms with Crippen molar-refractivity contribution in [2.24, 2.45) is 0 Å². The van der Waals surface area contributed by atoms with E-state index in [9.17, 15) is 0 Å². The molecule has 0 saturated heterocycles. The predicted molar refractivity (Wildman–Crippen MR) is 43.3 cm³/mol. The summed E-state index contributed by atoms with van der Waals surface area (Å²) in [6.45, 7) is 5.53. The predicted octanol–water partition coefficient (Wildman–Crippen LogP) is 2.86. The van der Waals surface area contributed by atoms with Gasteiger partial charge in [0.25, 0.3) is 0 Å². The smallest absolute Gasteiger partial charge is 0.0467 e. The summed E-state index contributed by atoms with van der Waals surface area (Å²) in [5.74, 6) is 0. The molecule has 0 radical (unpaired) electrons. The van der Waals surface area contributed by atoms with Gasteiger partial charge in [-0.1, -0.05) is 49.1 Å². The Balaban J connectivity index is 3.46. The first-order chi connectivity index (χ1) is 4.41. The molecule has 0 aromatic rings. The van der Waals surface area contributed by atoms with Crippen molar-refractivity contribution in [2.75, 3.05) is 0 Å². The van der Waals surface area contributed by atoms with Crippen LogP contribution < -0.4 is 0 Å². The zero-order chi connectivity index (χ0) is 6.95. The van der Waals surface area contributed by atoms with E-state index in [2.05, 4.69) is 6.58 Å². The van der Waals surface area contributed by atoms with E-state index in [1.165, 1.54) is 0 Å². The van der Waals surface area contributed by atoms with E-state index in [1.54, 1.807) is 6.08 Å². The zero-order valence-corrected chi connectivity index (χ0v) is 5.75.